The second-order valence-electron chi connectivity index (χ2n) is 5.09. The van der Waals surface area contributed by atoms with Gasteiger partial charge < -0.3 is 14.8 Å². The van der Waals surface area contributed by atoms with Crippen LogP contribution >= 0.6 is 0 Å². The average Bonchev–Trinajstić information content (AvgIpc) is 2.48. The molecular weight excluding hydrogens is 240 g/mol. The highest BCUT2D eigenvalue weighted by Crippen LogP contribution is 2.26. The molecule has 1 atom stereocenters. The van der Waals surface area contributed by atoms with Gasteiger partial charge in [0.05, 0.1) is 14.2 Å². The smallest absolute Gasteiger partial charge is 0.123 e. The van der Waals surface area contributed by atoms with Crippen LogP contribution in [0.4, 0.5) is 0 Å². The molecule has 0 saturated carbocycles. The molecule has 0 aliphatic carbocycles. The largest absolute Gasteiger partial charge is 0.497 e. The Morgan fingerprint density at radius 3 is 2.79 bits per heavy atom. The third-order valence-electron chi connectivity index (χ3n) is 3.80. The van der Waals surface area contributed by atoms with E-state index in [1.165, 1.54) is 18.4 Å². The van der Waals surface area contributed by atoms with Crippen molar-refractivity contribution in [2.24, 2.45) is 0 Å². The lowest BCUT2D eigenvalue weighted by molar-refractivity contribution is 0.193. The number of hydrogen-bond acceptors (Lipinski definition) is 4. The van der Waals surface area contributed by atoms with Crippen molar-refractivity contribution in [1.29, 1.82) is 0 Å². The van der Waals surface area contributed by atoms with Crippen LogP contribution in [0.5, 0.6) is 11.5 Å². The Bertz CT molecular complexity index is 403. The standard InChI is InChI=1S/C15H24N2O2/c1-17(13-5-4-8-16-10-13)11-12-9-14(18-2)6-7-15(12)19-3/h6-7,9,13,16H,4-5,8,10-11H2,1-3H3. The van der Waals surface area contributed by atoms with E-state index in [1.807, 2.05) is 12.1 Å². The Balaban J connectivity index is 2.07. The van der Waals surface area contributed by atoms with E-state index < -0.39 is 0 Å². The topological polar surface area (TPSA) is 33.7 Å². The van der Waals surface area contributed by atoms with E-state index >= 15 is 0 Å². The molecule has 4 nitrogen and oxygen atoms in total. The van der Waals surface area contributed by atoms with Crippen molar-refractivity contribution < 1.29 is 9.47 Å². The monoisotopic (exact) mass is 264 g/mol. The molecule has 1 aromatic carbocycles. The van der Waals surface area contributed by atoms with E-state index in [2.05, 4.69) is 23.3 Å². The van der Waals surface area contributed by atoms with Gasteiger partial charge in [-0.1, -0.05) is 0 Å². The minimum Gasteiger partial charge on any atom is -0.497 e. The molecule has 106 valence electrons. The third-order valence-corrected chi connectivity index (χ3v) is 3.80. The normalized spacial score (nSPS) is 19.5. The maximum atomic E-state index is 5.44. The number of ether oxygens (including phenoxy) is 2. The van der Waals surface area contributed by atoms with Crippen molar-refractivity contribution >= 4 is 0 Å². The lowest BCUT2D eigenvalue weighted by Crippen LogP contribution is -2.43. The Morgan fingerprint density at radius 2 is 2.16 bits per heavy atom. The summed E-state index contributed by atoms with van der Waals surface area (Å²) >= 11 is 0. The van der Waals surface area contributed by atoms with Crippen LogP contribution in [0.3, 0.4) is 0 Å². The Hall–Kier alpha value is -1.26. The van der Waals surface area contributed by atoms with Crippen LogP contribution in [-0.4, -0.2) is 45.3 Å². The van der Waals surface area contributed by atoms with Crippen molar-refractivity contribution in [3.05, 3.63) is 23.8 Å². The van der Waals surface area contributed by atoms with Crippen LogP contribution in [0.1, 0.15) is 18.4 Å². The van der Waals surface area contributed by atoms with Gasteiger partial charge in [-0.05, 0) is 44.6 Å². The maximum Gasteiger partial charge on any atom is 0.123 e. The molecule has 1 unspecified atom stereocenters. The van der Waals surface area contributed by atoms with Gasteiger partial charge in [-0.3, -0.25) is 4.90 Å². The molecule has 1 saturated heterocycles. The summed E-state index contributed by atoms with van der Waals surface area (Å²) < 4.78 is 10.7. The van der Waals surface area contributed by atoms with E-state index in [0.717, 1.165) is 31.1 Å². The zero-order valence-electron chi connectivity index (χ0n) is 12.1. The summed E-state index contributed by atoms with van der Waals surface area (Å²) in [6, 6.07) is 6.57. The predicted molar refractivity (Wildman–Crippen MR) is 76.9 cm³/mol. The first kappa shape index (κ1) is 14.2. The number of hydrogen-bond donors (Lipinski definition) is 1. The van der Waals surface area contributed by atoms with Crippen molar-refractivity contribution in [1.82, 2.24) is 10.2 Å². The molecule has 0 bridgehead atoms. The van der Waals surface area contributed by atoms with E-state index in [4.69, 9.17) is 9.47 Å². The summed E-state index contributed by atoms with van der Waals surface area (Å²) in [4.78, 5) is 2.39. The van der Waals surface area contributed by atoms with Crippen LogP contribution in [0.25, 0.3) is 0 Å². The van der Waals surface area contributed by atoms with Gasteiger partial charge in [0.25, 0.3) is 0 Å². The predicted octanol–water partition coefficient (Wildman–Crippen LogP) is 1.89. The zero-order valence-corrected chi connectivity index (χ0v) is 12.1. The molecule has 1 heterocycles. The van der Waals surface area contributed by atoms with Crippen LogP contribution in [0, 0.1) is 0 Å². The number of nitrogens with zero attached hydrogens (tertiary/aromatic N) is 1. The lowest BCUT2D eigenvalue weighted by atomic mass is 10.1. The van der Waals surface area contributed by atoms with Gasteiger partial charge in [-0.15, -0.1) is 0 Å². The molecule has 1 N–H and O–H groups in total. The highest BCUT2D eigenvalue weighted by molar-refractivity contribution is 5.40. The van der Waals surface area contributed by atoms with Gasteiger partial charge in [-0.25, -0.2) is 0 Å². The number of piperidine rings is 1. The molecule has 0 aromatic heterocycles. The van der Waals surface area contributed by atoms with Crippen molar-refractivity contribution in [3.63, 3.8) is 0 Å². The molecule has 0 amide bonds. The van der Waals surface area contributed by atoms with Crippen LogP contribution in [0.2, 0.25) is 0 Å². The minimum atomic E-state index is 0.602. The number of rotatable bonds is 5. The second kappa shape index (κ2) is 6.78. The highest BCUT2D eigenvalue weighted by atomic mass is 16.5. The number of likely N-dealkylation sites (N-methyl/N-ethyl adjacent to an activating group) is 1. The van der Waals surface area contributed by atoms with Gasteiger partial charge in [0.1, 0.15) is 11.5 Å². The van der Waals surface area contributed by atoms with E-state index in [9.17, 15) is 0 Å². The number of methoxy groups -OCH3 is 2. The summed E-state index contributed by atoms with van der Waals surface area (Å²) in [5.41, 5.74) is 1.18. The summed E-state index contributed by atoms with van der Waals surface area (Å²) in [6.45, 7) is 3.10. The second-order valence-corrected chi connectivity index (χ2v) is 5.09. The van der Waals surface area contributed by atoms with Crippen LogP contribution < -0.4 is 14.8 Å². The SMILES string of the molecule is COc1ccc(OC)c(CN(C)C2CCCNC2)c1. The molecule has 19 heavy (non-hydrogen) atoms. The highest BCUT2D eigenvalue weighted by Gasteiger charge is 2.19. The lowest BCUT2D eigenvalue weighted by Gasteiger charge is -2.32. The van der Waals surface area contributed by atoms with Crippen molar-refractivity contribution in [3.8, 4) is 11.5 Å². The molecule has 1 fully saturated rings. The summed E-state index contributed by atoms with van der Waals surface area (Å²) in [6.07, 6.45) is 2.51. The fourth-order valence-corrected chi connectivity index (χ4v) is 2.61. The quantitative estimate of drug-likeness (QED) is 0.880. The zero-order chi connectivity index (χ0) is 13.7. The molecule has 0 spiro atoms. The number of nitrogens with one attached hydrogen (secondary N) is 1. The van der Waals surface area contributed by atoms with Gasteiger partial charge in [0.2, 0.25) is 0 Å². The molecule has 1 aliphatic rings. The molecule has 4 heteroatoms. The summed E-state index contributed by atoms with van der Waals surface area (Å²) in [5, 5.41) is 3.46. The van der Waals surface area contributed by atoms with E-state index in [0.29, 0.717) is 6.04 Å². The van der Waals surface area contributed by atoms with Gasteiger partial charge in [-0.2, -0.15) is 0 Å². The van der Waals surface area contributed by atoms with E-state index in [-0.39, 0.29) is 0 Å². The maximum absolute atomic E-state index is 5.44. The average molecular weight is 264 g/mol. The molecule has 1 aromatic rings. The summed E-state index contributed by atoms with van der Waals surface area (Å²) in [5.74, 6) is 1.81. The Morgan fingerprint density at radius 1 is 1.32 bits per heavy atom. The van der Waals surface area contributed by atoms with Gasteiger partial charge in [0.15, 0.2) is 0 Å². The first-order chi connectivity index (χ1) is 9.24. The van der Waals surface area contributed by atoms with Gasteiger partial charge in [0, 0.05) is 24.7 Å². The minimum absolute atomic E-state index is 0.602. The van der Waals surface area contributed by atoms with Crippen LogP contribution in [0.15, 0.2) is 18.2 Å². The third kappa shape index (κ3) is 3.61. The van der Waals surface area contributed by atoms with Crippen molar-refractivity contribution in [2.75, 3.05) is 34.4 Å². The summed E-state index contributed by atoms with van der Waals surface area (Å²) in [7, 11) is 5.59. The Kier molecular flexibility index (Phi) is 5.05. The van der Waals surface area contributed by atoms with E-state index in [1.54, 1.807) is 14.2 Å². The van der Waals surface area contributed by atoms with Gasteiger partial charge >= 0.3 is 0 Å². The fraction of sp³-hybridized carbons (Fsp3) is 0.600. The molecule has 1 aliphatic heterocycles. The fourth-order valence-electron chi connectivity index (χ4n) is 2.61. The van der Waals surface area contributed by atoms with Crippen LogP contribution in [-0.2, 0) is 6.54 Å². The first-order valence-corrected chi connectivity index (χ1v) is 6.86. The van der Waals surface area contributed by atoms with Crippen molar-refractivity contribution in [2.45, 2.75) is 25.4 Å². The molecular formula is C15H24N2O2. The first-order valence-electron chi connectivity index (χ1n) is 6.86. The Labute approximate surface area is 115 Å². The number of benzene rings is 1. The molecule has 0 radical (unpaired) electrons. The molecule has 2 rings (SSSR count).